The number of anilines is 1. The molecule has 2 heterocycles. The van der Waals surface area contributed by atoms with Crippen molar-refractivity contribution >= 4 is 40.0 Å². The maximum absolute atomic E-state index is 12.1. The molecule has 0 unspecified atom stereocenters. The molecule has 1 aromatic carbocycles. The first-order valence-electron chi connectivity index (χ1n) is 8.49. The summed E-state index contributed by atoms with van der Waals surface area (Å²) in [6.07, 6.45) is 0. The van der Waals surface area contributed by atoms with Gasteiger partial charge in [0.15, 0.2) is 5.13 Å². The van der Waals surface area contributed by atoms with Gasteiger partial charge in [-0.05, 0) is 24.3 Å². The van der Waals surface area contributed by atoms with Crippen molar-refractivity contribution in [3.63, 3.8) is 0 Å². The van der Waals surface area contributed by atoms with Crippen molar-refractivity contribution in [3.8, 4) is 17.0 Å². The molecule has 0 aliphatic carbocycles. The van der Waals surface area contributed by atoms with Crippen molar-refractivity contribution in [2.45, 2.75) is 0 Å². The van der Waals surface area contributed by atoms with Crippen LogP contribution < -0.4 is 10.1 Å². The molecule has 1 saturated heterocycles. The molecule has 2 amide bonds. The fourth-order valence-corrected chi connectivity index (χ4v) is 3.97. The zero-order valence-electron chi connectivity index (χ0n) is 15.0. The molecule has 0 bridgehead atoms. The van der Waals surface area contributed by atoms with Crippen molar-refractivity contribution in [2.75, 3.05) is 50.2 Å². The molecule has 7 nitrogen and oxygen atoms in total. The molecule has 0 radical (unpaired) electrons. The second-order valence-electron chi connectivity index (χ2n) is 5.80. The van der Waals surface area contributed by atoms with Crippen LogP contribution in [0.25, 0.3) is 11.3 Å². The van der Waals surface area contributed by atoms with E-state index in [1.807, 2.05) is 29.6 Å². The molecule has 144 valence electrons. The lowest BCUT2D eigenvalue weighted by molar-refractivity contribution is -0.132. The topological polar surface area (TPSA) is 80.8 Å². The van der Waals surface area contributed by atoms with Crippen molar-refractivity contribution in [3.05, 3.63) is 29.6 Å². The Bertz CT molecular complexity index is 773. The second-order valence-corrected chi connectivity index (χ2v) is 7.64. The van der Waals surface area contributed by atoms with Gasteiger partial charge in [-0.25, -0.2) is 4.98 Å². The third-order valence-electron chi connectivity index (χ3n) is 3.96. The molecule has 0 saturated carbocycles. The summed E-state index contributed by atoms with van der Waals surface area (Å²) in [4.78, 5) is 30.3. The molecule has 1 aromatic heterocycles. The maximum Gasteiger partial charge on any atom is 0.236 e. The molecule has 1 aliphatic rings. The van der Waals surface area contributed by atoms with Crippen LogP contribution in [0.3, 0.4) is 0 Å². The monoisotopic (exact) mass is 407 g/mol. The first-order chi connectivity index (χ1) is 13.2. The van der Waals surface area contributed by atoms with E-state index in [0.717, 1.165) is 17.0 Å². The number of methoxy groups -OCH3 is 1. The highest BCUT2D eigenvalue weighted by Crippen LogP contribution is 2.26. The van der Waals surface area contributed by atoms with Gasteiger partial charge in [0, 0.05) is 24.0 Å². The van der Waals surface area contributed by atoms with Crippen LogP contribution in [-0.2, 0) is 14.3 Å². The van der Waals surface area contributed by atoms with Gasteiger partial charge in [0.05, 0.1) is 37.5 Å². The average Bonchev–Trinajstić information content (AvgIpc) is 3.17. The van der Waals surface area contributed by atoms with Crippen LogP contribution in [0.4, 0.5) is 5.13 Å². The summed E-state index contributed by atoms with van der Waals surface area (Å²) >= 11 is 2.68. The number of thioether (sulfide) groups is 1. The van der Waals surface area contributed by atoms with Gasteiger partial charge in [0.2, 0.25) is 11.8 Å². The van der Waals surface area contributed by atoms with Gasteiger partial charge in [-0.3, -0.25) is 9.59 Å². The number of rotatable bonds is 7. The minimum atomic E-state index is -0.162. The number of carbonyl (C=O) groups is 2. The maximum atomic E-state index is 12.1. The number of thiazole rings is 1. The first kappa shape index (κ1) is 19.7. The van der Waals surface area contributed by atoms with Crippen LogP contribution in [0.5, 0.6) is 5.75 Å². The molecule has 2 aromatic rings. The van der Waals surface area contributed by atoms with E-state index in [9.17, 15) is 9.59 Å². The molecule has 1 aliphatic heterocycles. The van der Waals surface area contributed by atoms with Crippen molar-refractivity contribution in [1.82, 2.24) is 9.88 Å². The van der Waals surface area contributed by atoms with E-state index in [-0.39, 0.29) is 17.6 Å². The molecular formula is C18H21N3O4S2. The molecule has 1 fully saturated rings. The lowest BCUT2D eigenvalue weighted by atomic mass is 10.2. The summed E-state index contributed by atoms with van der Waals surface area (Å²) < 4.78 is 10.4. The SMILES string of the molecule is COc1ccc(-c2csc(NC(=O)CSCC(=O)N3CCOCC3)n2)cc1. The number of hydrogen-bond donors (Lipinski definition) is 1. The fraction of sp³-hybridized carbons (Fsp3) is 0.389. The highest BCUT2D eigenvalue weighted by atomic mass is 32.2. The van der Waals surface area contributed by atoms with Gasteiger partial charge in [-0.15, -0.1) is 23.1 Å². The Morgan fingerprint density at radius 2 is 2.00 bits per heavy atom. The quantitative estimate of drug-likeness (QED) is 0.759. The fourth-order valence-electron chi connectivity index (χ4n) is 2.52. The highest BCUT2D eigenvalue weighted by molar-refractivity contribution is 8.00. The van der Waals surface area contributed by atoms with Crippen LogP contribution in [0.15, 0.2) is 29.6 Å². The molecule has 27 heavy (non-hydrogen) atoms. The van der Waals surface area contributed by atoms with E-state index in [2.05, 4.69) is 10.3 Å². The summed E-state index contributed by atoms with van der Waals surface area (Å²) in [6.45, 7) is 2.41. The number of carbonyl (C=O) groups excluding carboxylic acids is 2. The van der Waals surface area contributed by atoms with Gasteiger partial charge in [0.25, 0.3) is 0 Å². The standard InChI is InChI=1S/C18H21N3O4S2/c1-24-14-4-2-13(3-5-14)15-10-27-18(19-15)20-16(22)11-26-12-17(23)21-6-8-25-9-7-21/h2-5,10H,6-9,11-12H2,1H3,(H,19,20,22). The smallest absolute Gasteiger partial charge is 0.236 e. The first-order valence-corrected chi connectivity index (χ1v) is 10.5. The molecule has 0 spiro atoms. The summed E-state index contributed by atoms with van der Waals surface area (Å²) in [5.74, 6) is 1.18. The number of benzene rings is 1. The van der Waals surface area contributed by atoms with Gasteiger partial charge in [0.1, 0.15) is 5.75 Å². The Kier molecular flexibility index (Phi) is 7.08. The van der Waals surface area contributed by atoms with Crippen LogP contribution in [0.1, 0.15) is 0 Å². The molecule has 9 heteroatoms. The summed E-state index contributed by atoms with van der Waals surface area (Å²) in [6, 6.07) is 7.59. The third-order valence-corrected chi connectivity index (χ3v) is 5.63. The molecular weight excluding hydrogens is 386 g/mol. The predicted molar refractivity (Wildman–Crippen MR) is 107 cm³/mol. The molecule has 0 atom stereocenters. The molecule has 1 N–H and O–H groups in total. The summed E-state index contributed by atoms with van der Waals surface area (Å²) in [7, 11) is 1.62. The van der Waals surface area contributed by atoms with Gasteiger partial charge in [-0.2, -0.15) is 0 Å². The zero-order valence-corrected chi connectivity index (χ0v) is 16.6. The van der Waals surface area contributed by atoms with Crippen LogP contribution >= 0.6 is 23.1 Å². The van der Waals surface area contributed by atoms with Gasteiger partial charge < -0.3 is 19.7 Å². The Balaban J connectivity index is 1.44. The third kappa shape index (κ3) is 5.69. The predicted octanol–water partition coefficient (Wildman–Crippen LogP) is 2.35. The zero-order chi connectivity index (χ0) is 19.1. The largest absolute Gasteiger partial charge is 0.497 e. The minimum Gasteiger partial charge on any atom is -0.497 e. The van der Waals surface area contributed by atoms with Gasteiger partial charge in [-0.1, -0.05) is 0 Å². The Labute approximate surface area is 166 Å². The van der Waals surface area contributed by atoms with E-state index >= 15 is 0 Å². The number of aromatic nitrogens is 1. The number of morpholine rings is 1. The lowest BCUT2D eigenvalue weighted by Crippen LogP contribution is -2.41. The van der Waals surface area contributed by atoms with Crippen LogP contribution in [-0.4, -0.2) is 66.6 Å². The Hall–Kier alpha value is -2.10. The minimum absolute atomic E-state index is 0.0483. The highest BCUT2D eigenvalue weighted by Gasteiger charge is 2.17. The van der Waals surface area contributed by atoms with E-state index in [4.69, 9.17) is 9.47 Å². The van der Waals surface area contributed by atoms with Crippen molar-refractivity contribution in [2.24, 2.45) is 0 Å². The second kappa shape index (κ2) is 9.72. The lowest BCUT2D eigenvalue weighted by Gasteiger charge is -2.26. The number of ether oxygens (including phenoxy) is 2. The van der Waals surface area contributed by atoms with Gasteiger partial charge >= 0.3 is 0 Å². The summed E-state index contributed by atoms with van der Waals surface area (Å²) in [5, 5.41) is 5.23. The van der Waals surface area contributed by atoms with E-state index in [1.165, 1.54) is 23.1 Å². The number of amides is 2. The number of nitrogens with zero attached hydrogens (tertiary/aromatic N) is 2. The van der Waals surface area contributed by atoms with Crippen molar-refractivity contribution in [1.29, 1.82) is 0 Å². The average molecular weight is 408 g/mol. The van der Waals surface area contributed by atoms with E-state index in [1.54, 1.807) is 12.0 Å². The van der Waals surface area contributed by atoms with Crippen molar-refractivity contribution < 1.29 is 19.1 Å². The van der Waals surface area contributed by atoms with E-state index < -0.39 is 0 Å². The number of nitrogens with one attached hydrogen (secondary N) is 1. The Morgan fingerprint density at radius 3 is 2.70 bits per heavy atom. The van der Waals surface area contributed by atoms with Crippen LogP contribution in [0, 0.1) is 0 Å². The number of hydrogen-bond acceptors (Lipinski definition) is 7. The Morgan fingerprint density at radius 1 is 1.26 bits per heavy atom. The van der Waals surface area contributed by atoms with E-state index in [0.29, 0.717) is 37.2 Å². The normalized spacial score (nSPS) is 14.0. The molecule has 3 rings (SSSR count). The van der Waals surface area contributed by atoms with Crippen LogP contribution in [0.2, 0.25) is 0 Å². The summed E-state index contributed by atoms with van der Waals surface area (Å²) in [5.41, 5.74) is 1.76.